The molecular weight excluding hydrogens is 402 g/mol. The zero-order chi connectivity index (χ0) is 22.4. The second kappa shape index (κ2) is 9.64. The van der Waals surface area contributed by atoms with E-state index >= 15 is 0 Å². The molecule has 1 atom stereocenters. The van der Waals surface area contributed by atoms with Crippen molar-refractivity contribution in [3.63, 3.8) is 0 Å². The third-order valence-corrected chi connectivity index (χ3v) is 6.06. The Morgan fingerprint density at radius 3 is 2.50 bits per heavy atom. The maximum absolute atomic E-state index is 13.0. The van der Waals surface area contributed by atoms with Gasteiger partial charge in [-0.2, -0.15) is 0 Å². The van der Waals surface area contributed by atoms with Crippen LogP contribution >= 0.6 is 0 Å². The minimum Gasteiger partial charge on any atom is -0.484 e. The molecule has 2 aromatic carbocycles. The van der Waals surface area contributed by atoms with E-state index in [-0.39, 0.29) is 18.4 Å². The van der Waals surface area contributed by atoms with E-state index in [2.05, 4.69) is 22.4 Å². The average molecular weight is 430 g/mol. The number of hydrogen-bond donors (Lipinski definition) is 1. The number of benzene rings is 2. The second-order valence-electron chi connectivity index (χ2n) is 8.10. The van der Waals surface area contributed by atoms with Gasteiger partial charge in [-0.05, 0) is 53.8 Å². The van der Waals surface area contributed by atoms with Gasteiger partial charge in [0.15, 0.2) is 6.61 Å². The van der Waals surface area contributed by atoms with Gasteiger partial charge in [0, 0.05) is 32.5 Å². The number of para-hydroxylation sites is 1. The van der Waals surface area contributed by atoms with Crippen molar-refractivity contribution in [3.05, 3.63) is 84.7 Å². The van der Waals surface area contributed by atoms with Crippen molar-refractivity contribution in [2.45, 2.75) is 12.8 Å². The Balaban J connectivity index is 1.52. The lowest BCUT2D eigenvalue weighted by atomic mass is 9.78. The fraction of sp³-hybridized carbons (Fsp3) is 0.269. The van der Waals surface area contributed by atoms with E-state index < -0.39 is 5.41 Å². The molecule has 2 heterocycles. The fourth-order valence-corrected chi connectivity index (χ4v) is 4.37. The summed E-state index contributed by atoms with van der Waals surface area (Å²) in [5.74, 6) is 0.507. The molecule has 1 aromatic heterocycles. The Bertz CT molecular complexity index is 1070. The number of carbonyl (C=O) groups is 2. The summed E-state index contributed by atoms with van der Waals surface area (Å²) < 4.78 is 5.63. The van der Waals surface area contributed by atoms with Crippen molar-refractivity contribution in [1.29, 1.82) is 0 Å². The van der Waals surface area contributed by atoms with Gasteiger partial charge in [0.25, 0.3) is 5.91 Å². The summed E-state index contributed by atoms with van der Waals surface area (Å²) in [5.41, 5.74) is 2.54. The number of nitrogens with one attached hydrogen (secondary N) is 1. The van der Waals surface area contributed by atoms with Crippen molar-refractivity contribution in [3.8, 4) is 16.9 Å². The molecule has 2 amide bonds. The molecular formula is C26H27N3O3. The molecule has 4 rings (SSSR count). The van der Waals surface area contributed by atoms with E-state index in [1.54, 1.807) is 24.3 Å². The van der Waals surface area contributed by atoms with Crippen molar-refractivity contribution in [1.82, 2.24) is 15.2 Å². The number of carbonyl (C=O) groups excluding carboxylic acids is 2. The predicted molar refractivity (Wildman–Crippen MR) is 123 cm³/mol. The van der Waals surface area contributed by atoms with Crippen molar-refractivity contribution < 1.29 is 14.3 Å². The highest BCUT2D eigenvalue weighted by molar-refractivity contribution is 5.86. The normalized spacial score (nSPS) is 17.7. The zero-order valence-electron chi connectivity index (χ0n) is 18.2. The van der Waals surface area contributed by atoms with Crippen molar-refractivity contribution >= 4 is 11.8 Å². The molecule has 0 spiro atoms. The number of ether oxygens (including phenoxy) is 1. The lowest BCUT2D eigenvalue weighted by Gasteiger charge is -2.28. The minimum atomic E-state index is -0.680. The smallest absolute Gasteiger partial charge is 0.260 e. The van der Waals surface area contributed by atoms with Crippen LogP contribution in [-0.4, -0.2) is 48.4 Å². The van der Waals surface area contributed by atoms with Crippen LogP contribution < -0.4 is 10.1 Å². The molecule has 32 heavy (non-hydrogen) atoms. The first kappa shape index (κ1) is 21.6. The van der Waals surface area contributed by atoms with Crippen LogP contribution in [0.15, 0.2) is 79.1 Å². The molecule has 0 bridgehead atoms. The largest absolute Gasteiger partial charge is 0.484 e. The van der Waals surface area contributed by atoms with Gasteiger partial charge in [-0.3, -0.25) is 14.6 Å². The van der Waals surface area contributed by atoms with Crippen LogP contribution in [0, 0.1) is 5.41 Å². The van der Waals surface area contributed by atoms with Gasteiger partial charge < -0.3 is 15.0 Å². The maximum atomic E-state index is 13.0. The summed E-state index contributed by atoms with van der Waals surface area (Å²) in [5, 5.41) is 2.83. The van der Waals surface area contributed by atoms with Gasteiger partial charge in [-0.1, -0.05) is 42.5 Å². The quantitative estimate of drug-likeness (QED) is 0.625. The minimum absolute atomic E-state index is 0.0402. The van der Waals surface area contributed by atoms with Gasteiger partial charge in [0.2, 0.25) is 5.91 Å². The molecule has 1 aliphatic rings. The average Bonchev–Trinajstić information content (AvgIpc) is 3.29. The molecule has 1 saturated heterocycles. The highest BCUT2D eigenvalue weighted by atomic mass is 16.5. The Morgan fingerprint density at radius 2 is 1.75 bits per heavy atom. The topological polar surface area (TPSA) is 71.5 Å². The van der Waals surface area contributed by atoms with Crippen LogP contribution in [0.2, 0.25) is 0 Å². The Kier molecular flexibility index (Phi) is 6.50. The molecule has 0 radical (unpaired) electrons. The summed E-state index contributed by atoms with van der Waals surface area (Å²) in [4.78, 5) is 31.7. The van der Waals surface area contributed by atoms with E-state index in [0.717, 1.165) is 16.7 Å². The van der Waals surface area contributed by atoms with Crippen molar-refractivity contribution in [2.24, 2.45) is 5.41 Å². The maximum Gasteiger partial charge on any atom is 0.260 e. The highest BCUT2D eigenvalue weighted by Gasteiger charge is 2.45. The third kappa shape index (κ3) is 4.64. The molecule has 6 heteroatoms. The molecule has 1 fully saturated rings. The summed E-state index contributed by atoms with van der Waals surface area (Å²) >= 11 is 0. The first-order chi connectivity index (χ1) is 15.6. The van der Waals surface area contributed by atoms with E-state index in [9.17, 15) is 9.59 Å². The fourth-order valence-electron chi connectivity index (χ4n) is 4.37. The predicted octanol–water partition coefficient (Wildman–Crippen LogP) is 3.33. The van der Waals surface area contributed by atoms with E-state index in [4.69, 9.17) is 4.74 Å². The van der Waals surface area contributed by atoms with Gasteiger partial charge >= 0.3 is 0 Å². The molecule has 164 valence electrons. The molecule has 6 nitrogen and oxygen atoms in total. The Labute approximate surface area is 188 Å². The number of rotatable bonds is 7. The van der Waals surface area contributed by atoms with Crippen LogP contribution in [0.3, 0.4) is 0 Å². The van der Waals surface area contributed by atoms with Crippen molar-refractivity contribution in [2.75, 3.05) is 26.7 Å². The van der Waals surface area contributed by atoms with Gasteiger partial charge in [0.1, 0.15) is 5.75 Å². The number of aromatic nitrogens is 1. The van der Waals surface area contributed by atoms with Gasteiger partial charge in [-0.25, -0.2) is 0 Å². The van der Waals surface area contributed by atoms with Crippen LogP contribution in [-0.2, 0) is 16.0 Å². The van der Waals surface area contributed by atoms with Crippen LogP contribution in [0.5, 0.6) is 5.75 Å². The number of amides is 2. The molecule has 3 aromatic rings. The Morgan fingerprint density at radius 1 is 1.03 bits per heavy atom. The van der Waals surface area contributed by atoms with Gasteiger partial charge in [0.05, 0.1) is 5.41 Å². The lowest BCUT2D eigenvalue weighted by Crippen LogP contribution is -2.44. The highest BCUT2D eigenvalue weighted by Crippen LogP contribution is 2.37. The summed E-state index contributed by atoms with van der Waals surface area (Å²) in [6.45, 7) is 0.859. The molecule has 0 saturated carbocycles. The molecule has 0 aliphatic carbocycles. The number of pyridine rings is 1. The van der Waals surface area contributed by atoms with E-state index in [0.29, 0.717) is 31.7 Å². The SMILES string of the molecule is CNC(=O)C1(Cc2ccccc2-c2ccncc2)CCN(C(=O)COc2ccccc2)C1. The first-order valence-corrected chi connectivity index (χ1v) is 10.8. The standard InChI is InChI=1S/C26H27N3O3/c1-27-25(31)26(17-21-7-5-6-10-23(21)20-11-14-28-15-12-20)13-16-29(19-26)24(30)18-32-22-8-3-2-4-9-22/h2-12,14-15H,13,16-19H2,1H3,(H,27,31). The first-order valence-electron chi connectivity index (χ1n) is 10.8. The number of hydrogen-bond acceptors (Lipinski definition) is 4. The Hall–Kier alpha value is -3.67. The third-order valence-electron chi connectivity index (χ3n) is 6.06. The second-order valence-corrected chi connectivity index (χ2v) is 8.10. The zero-order valence-corrected chi connectivity index (χ0v) is 18.2. The molecule has 1 aliphatic heterocycles. The van der Waals surface area contributed by atoms with Crippen LogP contribution in [0.1, 0.15) is 12.0 Å². The van der Waals surface area contributed by atoms with Crippen LogP contribution in [0.4, 0.5) is 0 Å². The molecule has 1 unspecified atom stereocenters. The van der Waals surface area contributed by atoms with E-state index in [1.165, 1.54) is 0 Å². The van der Waals surface area contributed by atoms with E-state index in [1.807, 2.05) is 54.6 Å². The summed E-state index contributed by atoms with van der Waals surface area (Å²) in [7, 11) is 1.65. The number of nitrogens with zero attached hydrogens (tertiary/aromatic N) is 2. The summed E-state index contributed by atoms with van der Waals surface area (Å²) in [6.07, 6.45) is 4.69. The van der Waals surface area contributed by atoms with Crippen LogP contribution in [0.25, 0.3) is 11.1 Å². The van der Waals surface area contributed by atoms with Gasteiger partial charge in [-0.15, -0.1) is 0 Å². The lowest BCUT2D eigenvalue weighted by molar-refractivity contribution is -0.134. The monoisotopic (exact) mass is 429 g/mol. The molecule has 1 N–H and O–H groups in total. The summed E-state index contributed by atoms with van der Waals surface area (Å²) in [6, 6.07) is 21.3. The number of likely N-dealkylation sites (tertiary alicyclic amines) is 1.